The summed E-state index contributed by atoms with van der Waals surface area (Å²) in [4.78, 5) is 0.901. The lowest BCUT2D eigenvalue weighted by Gasteiger charge is -1.99. The Bertz CT molecular complexity index is 447. The molecule has 0 saturated heterocycles. The standard InChI is InChI=1S/C7H7BrN2O2S2/c8-7-2-1-6(13-7)5-10-14(11,12)4-3-9/h1-2,10H,4-5H2. The van der Waals surface area contributed by atoms with Crippen LogP contribution in [-0.4, -0.2) is 14.2 Å². The lowest BCUT2D eigenvalue weighted by Crippen LogP contribution is -2.24. The molecular formula is C7H7BrN2O2S2. The summed E-state index contributed by atoms with van der Waals surface area (Å²) in [5, 5.41) is 8.23. The Hall–Kier alpha value is -0.420. The van der Waals surface area contributed by atoms with Gasteiger partial charge in [-0.3, -0.25) is 0 Å². The number of rotatable bonds is 4. The van der Waals surface area contributed by atoms with Gasteiger partial charge in [-0.05, 0) is 28.1 Å². The first kappa shape index (κ1) is 11.7. The molecule has 0 fully saturated rings. The van der Waals surface area contributed by atoms with E-state index in [2.05, 4.69) is 20.7 Å². The zero-order valence-electron chi connectivity index (χ0n) is 7.03. The molecule has 0 radical (unpaired) electrons. The number of nitrogens with one attached hydrogen (secondary N) is 1. The summed E-state index contributed by atoms with van der Waals surface area (Å²) in [5.41, 5.74) is 0. The third-order valence-corrected chi connectivity index (χ3v) is 4.07. The predicted molar refractivity (Wildman–Crippen MR) is 58.3 cm³/mol. The van der Waals surface area contributed by atoms with Crippen molar-refractivity contribution in [2.45, 2.75) is 6.54 Å². The van der Waals surface area contributed by atoms with Gasteiger partial charge in [0.1, 0.15) is 0 Å². The van der Waals surface area contributed by atoms with Gasteiger partial charge in [-0.15, -0.1) is 11.3 Å². The fourth-order valence-corrected chi connectivity index (χ4v) is 2.93. The van der Waals surface area contributed by atoms with E-state index in [1.807, 2.05) is 12.1 Å². The average Bonchev–Trinajstić information content (AvgIpc) is 2.48. The molecule has 0 aromatic carbocycles. The summed E-state index contributed by atoms with van der Waals surface area (Å²) in [7, 11) is -3.44. The van der Waals surface area contributed by atoms with Gasteiger partial charge >= 0.3 is 0 Å². The molecule has 0 atom stereocenters. The van der Waals surface area contributed by atoms with Crippen LogP contribution < -0.4 is 4.72 Å². The normalized spacial score (nSPS) is 11.1. The molecule has 1 aromatic rings. The lowest BCUT2D eigenvalue weighted by atomic mass is 10.5. The van der Waals surface area contributed by atoms with E-state index in [4.69, 9.17) is 5.26 Å². The van der Waals surface area contributed by atoms with E-state index in [1.54, 1.807) is 6.07 Å². The molecule has 4 nitrogen and oxygen atoms in total. The number of hydrogen-bond donors (Lipinski definition) is 1. The molecule has 0 bridgehead atoms. The molecule has 1 aromatic heterocycles. The van der Waals surface area contributed by atoms with Crippen molar-refractivity contribution in [3.8, 4) is 6.07 Å². The summed E-state index contributed by atoms with van der Waals surface area (Å²) in [5.74, 6) is -0.500. The second-order valence-electron chi connectivity index (χ2n) is 2.44. The van der Waals surface area contributed by atoms with Crippen molar-refractivity contribution >= 4 is 37.3 Å². The molecule has 0 unspecified atom stereocenters. The van der Waals surface area contributed by atoms with Gasteiger partial charge in [0.05, 0.1) is 9.86 Å². The third kappa shape index (κ3) is 3.75. The van der Waals surface area contributed by atoms with Gasteiger partial charge in [-0.25, -0.2) is 13.1 Å². The summed E-state index contributed by atoms with van der Waals surface area (Å²) in [6.07, 6.45) is 0. The minimum Gasteiger partial charge on any atom is -0.211 e. The molecule has 0 aliphatic carbocycles. The zero-order chi connectivity index (χ0) is 10.6. The first-order chi connectivity index (χ1) is 6.53. The Morgan fingerprint density at radius 1 is 1.57 bits per heavy atom. The zero-order valence-corrected chi connectivity index (χ0v) is 10.2. The van der Waals surface area contributed by atoms with Gasteiger partial charge in [-0.2, -0.15) is 5.26 Å². The molecule has 0 saturated carbocycles. The first-order valence-corrected chi connectivity index (χ1v) is 6.88. The van der Waals surface area contributed by atoms with E-state index < -0.39 is 15.8 Å². The van der Waals surface area contributed by atoms with Crippen LogP contribution in [-0.2, 0) is 16.6 Å². The fourth-order valence-electron chi connectivity index (χ4n) is 0.764. The molecule has 7 heteroatoms. The predicted octanol–water partition coefficient (Wildman–Crippen LogP) is 1.45. The highest BCUT2D eigenvalue weighted by Crippen LogP contribution is 2.21. The highest BCUT2D eigenvalue weighted by Gasteiger charge is 2.09. The summed E-state index contributed by atoms with van der Waals surface area (Å²) in [6, 6.07) is 5.26. The van der Waals surface area contributed by atoms with Crippen LogP contribution in [0.2, 0.25) is 0 Å². The SMILES string of the molecule is N#CCS(=O)(=O)NCc1ccc(Br)s1. The van der Waals surface area contributed by atoms with Crippen LogP contribution >= 0.6 is 27.3 Å². The molecular weight excluding hydrogens is 288 g/mol. The first-order valence-electron chi connectivity index (χ1n) is 3.62. The maximum Gasteiger partial charge on any atom is 0.225 e. The highest BCUT2D eigenvalue weighted by molar-refractivity contribution is 9.11. The van der Waals surface area contributed by atoms with E-state index in [0.717, 1.165) is 8.66 Å². The minimum absolute atomic E-state index is 0.236. The van der Waals surface area contributed by atoms with Gasteiger partial charge < -0.3 is 0 Å². The lowest BCUT2D eigenvalue weighted by molar-refractivity contribution is 0.585. The average molecular weight is 295 g/mol. The molecule has 1 heterocycles. The van der Waals surface area contributed by atoms with Crippen LogP contribution in [0, 0.1) is 11.3 Å². The Morgan fingerprint density at radius 3 is 2.79 bits per heavy atom. The monoisotopic (exact) mass is 294 g/mol. The van der Waals surface area contributed by atoms with Gasteiger partial charge in [0.2, 0.25) is 10.0 Å². The summed E-state index contributed by atoms with van der Waals surface area (Å²) >= 11 is 4.73. The van der Waals surface area contributed by atoms with Gasteiger partial charge in [0.25, 0.3) is 0 Å². The molecule has 0 spiro atoms. The molecule has 0 amide bonds. The molecule has 14 heavy (non-hydrogen) atoms. The maximum atomic E-state index is 11.1. The van der Waals surface area contributed by atoms with Crippen molar-refractivity contribution in [1.29, 1.82) is 5.26 Å². The van der Waals surface area contributed by atoms with Crippen LogP contribution in [0.5, 0.6) is 0 Å². The number of sulfonamides is 1. The number of nitriles is 1. The largest absolute Gasteiger partial charge is 0.225 e. The molecule has 0 aliphatic rings. The third-order valence-electron chi connectivity index (χ3n) is 1.35. The Balaban J connectivity index is 2.54. The van der Waals surface area contributed by atoms with Gasteiger partial charge in [0, 0.05) is 11.4 Å². The Morgan fingerprint density at radius 2 is 2.29 bits per heavy atom. The van der Waals surface area contributed by atoms with E-state index in [9.17, 15) is 8.42 Å². The summed E-state index contributed by atoms with van der Waals surface area (Å²) < 4.78 is 25.4. The fraction of sp³-hybridized carbons (Fsp3) is 0.286. The molecule has 1 N–H and O–H groups in total. The van der Waals surface area contributed by atoms with Crippen LogP contribution in [0.3, 0.4) is 0 Å². The van der Waals surface area contributed by atoms with E-state index >= 15 is 0 Å². The number of halogens is 1. The quantitative estimate of drug-likeness (QED) is 0.914. The van der Waals surface area contributed by atoms with Crippen LogP contribution in [0.4, 0.5) is 0 Å². The second kappa shape index (κ2) is 4.89. The van der Waals surface area contributed by atoms with Crippen LogP contribution in [0.1, 0.15) is 4.88 Å². The van der Waals surface area contributed by atoms with Gasteiger partial charge in [0.15, 0.2) is 5.75 Å². The molecule has 76 valence electrons. The van der Waals surface area contributed by atoms with Crippen molar-refractivity contribution in [2.75, 3.05) is 5.75 Å². The smallest absolute Gasteiger partial charge is 0.211 e. The maximum absolute atomic E-state index is 11.1. The minimum atomic E-state index is -3.44. The highest BCUT2D eigenvalue weighted by atomic mass is 79.9. The van der Waals surface area contributed by atoms with Crippen molar-refractivity contribution in [3.05, 3.63) is 20.8 Å². The van der Waals surface area contributed by atoms with Crippen molar-refractivity contribution in [2.24, 2.45) is 0 Å². The van der Waals surface area contributed by atoms with E-state index in [-0.39, 0.29) is 6.54 Å². The second-order valence-corrected chi connectivity index (χ2v) is 6.80. The van der Waals surface area contributed by atoms with Crippen LogP contribution in [0.25, 0.3) is 0 Å². The summed E-state index contributed by atoms with van der Waals surface area (Å²) in [6.45, 7) is 0.236. The number of thiophene rings is 1. The molecule has 0 aliphatic heterocycles. The Kier molecular flexibility index (Phi) is 4.07. The Labute approximate surface area is 94.7 Å². The van der Waals surface area contributed by atoms with Gasteiger partial charge in [-0.1, -0.05) is 0 Å². The van der Waals surface area contributed by atoms with Crippen LogP contribution in [0.15, 0.2) is 15.9 Å². The van der Waals surface area contributed by atoms with Crippen molar-refractivity contribution in [3.63, 3.8) is 0 Å². The topological polar surface area (TPSA) is 70.0 Å². The molecule has 1 rings (SSSR count). The van der Waals surface area contributed by atoms with E-state index in [1.165, 1.54) is 11.3 Å². The van der Waals surface area contributed by atoms with Crippen molar-refractivity contribution < 1.29 is 8.42 Å². The van der Waals surface area contributed by atoms with Crippen molar-refractivity contribution in [1.82, 2.24) is 4.72 Å². The number of nitrogens with zero attached hydrogens (tertiary/aromatic N) is 1. The number of hydrogen-bond acceptors (Lipinski definition) is 4. The van der Waals surface area contributed by atoms with E-state index in [0.29, 0.717) is 0 Å².